The average molecular weight is 259 g/mol. The second-order valence-corrected chi connectivity index (χ2v) is 4.91. The van der Waals surface area contributed by atoms with E-state index in [1.807, 2.05) is 6.20 Å². The summed E-state index contributed by atoms with van der Waals surface area (Å²) in [6.07, 6.45) is 3.77. The molecule has 0 fully saturated rings. The van der Waals surface area contributed by atoms with Crippen LogP contribution in [0.3, 0.4) is 0 Å². The van der Waals surface area contributed by atoms with Gasteiger partial charge in [-0.25, -0.2) is 4.98 Å². The Bertz CT molecular complexity index is 548. The van der Waals surface area contributed by atoms with Crippen molar-refractivity contribution in [1.82, 2.24) is 9.55 Å². The Balaban J connectivity index is 2.24. The minimum absolute atomic E-state index is 0.250. The molecule has 0 aliphatic heterocycles. The highest BCUT2D eigenvalue weighted by atomic mass is 16.5. The van der Waals surface area contributed by atoms with Gasteiger partial charge in [-0.3, -0.25) is 0 Å². The van der Waals surface area contributed by atoms with Crippen molar-refractivity contribution in [3.8, 4) is 0 Å². The fourth-order valence-corrected chi connectivity index (χ4v) is 2.08. The predicted octanol–water partition coefficient (Wildman–Crippen LogP) is 3.45. The number of anilines is 2. The minimum atomic E-state index is 0.250. The van der Waals surface area contributed by atoms with E-state index in [9.17, 15) is 0 Å². The van der Waals surface area contributed by atoms with Gasteiger partial charge in [0, 0.05) is 25.2 Å². The Kier molecular flexibility index (Phi) is 4.22. The van der Waals surface area contributed by atoms with E-state index in [2.05, 4.69) is 53.8 Å². The second-order valence-electron chi connectivity index (χ2n) is 4.91. The Morgan fingerprint density at radius 2 is 2.16 bits per heavy atom. The van der Waals surface area contributed by atoms with Crippen LogP contribution >= 0.6 is 0 Å². The molecular formula is C15H21N3O. The lowest BCUT2D eigenvalue weighted by molar-refractivity contribution is 0.163. The largest absolute Gasteiger partial charge is 0.383 e. The molecule has 1 aromatic carbocycles. The number of aryl methyl sites for hydroxylation is 2. The molecule has 4 heteroatoms. The molecule has 1 atom stereocenters. The Morgan fingerprint density at radius 3 is 2.89 bits per heavy atom. The summed E-state index contributed by atoms with van der Waals surface area (Å²) in [5, 5.41) is 3.40. The summed E-state index contributed by atoms with van der Waals surface area (Å²) in [4.78, 5) is 4.38. The summed E-state index contributed by atoms with van der Waals surface area (Å²) < 4.78 is 7.29. The molecule has 0 saturated carbocycles. The van der Waals surface area contributed by atoms with Gasteiger partial charge in [-0.15, -0.1) is 0 Å². The van der Waals surface area contributed by atoms with E-state index in [4.69, 9.17) is 4.74 Å². The number of nitrogens with one attached hydrogen (secondary N) is 1. The summed E-state index contributed by atoms with van der Waals surface area (Å²) in [6, 6.07) is 6.61. The molecule has 0 aliphatic carbocycles. The van der Waals surface area contributed by atoms with Crippen LogP contribution in [0.1, 0.15) is 24.1 Å². The molecule has 102 valence electrons. The lowest BCUT2D eigenvalue weighted by Gasteiger charge is -2.17. The van der Waals surface area contributed by atoms with Crippen molar-refractivity contribution in [3.05, 3.63) is 41.7 Å². The third-order valence-electron chi connectivity index (χ3n) is 3.19. The summed E-state index contributed by atoms with van der Waals surface area (Å²) in [6.45, 7) is 6.95. The fourth-order valence-electron chi connectivity index (χ4n) is 2.08. The van der Waals surface area contributed by atoms with Gasteiger partial charge in [0.25, 0.3) is 0 Å². The molecule has 0 amide bonds. The van der Waals surface area contributed by atoms with E-state index in [1.54, 1.807) is 13.3 Å². The van der Waals surface area contributed by atoms with Crippen LogP contribution in [0.5, 0.6) is 0 Å². The van der Waals surface area contributed by atoms with Gasteiger partial charge >= 0.3 is 0 Å². The Hall–Kier alpha value is -1.81. The van der Waals surface area contributed by atoms with Gasteiger partial charge in [0.15, 0.2) is 0 Å². The van der Waals surface area contributed by atoms with Gasteiger partial charge in [0.05, 0.1) is 12.6 Å². The van der Waals surface area contributed by atoms with Gasteiger partial charge in [0.2, 0.25) is 5.95 Å². The molecule has 1 aromatic heterocycles. The van der Waals surface area contributed by atoms with Gasteiger partial charge < -0.3 is 14.6 Å². The third-order valence-corrected chi connectivity index (χ3v) is 3.19. The van der Waals surface area contributed by atoms with Crippen LogP contribution in [0.25, 0.3) is 0 Å². The molecule has 0 spiro atoms. The molecule has 0 aliphatic rings. The van der Waals surface area contributed by atoms with Crippen LogP contribution in [-0.4, -0.2) is 23.3 Å². The number of methoxy groups -OCH3 is 1. The number of rotatable bonds is 5. The normalized spacial score (nSPS) is 12.4. The van der Waals surface area contributed by atoms with Crippen molar-refractivity contribution in [2.45, 2.75) is 26.8 Å². The number of ether oxygens (including phenoxy) is 1. The quantitative estimate of drug-likeness (QED) is 0.894. The fraction of sp³-hybridized carbons (Fsp3) is 0.400. The zero-order valence-corrected chi connectivity index (χ0v) is 12.0. The highest BCUT2D eigenvalue weighted by Gasteiger charge is 2.10. The number of aromatic nitrogens is 2. The van der Waals surface area contributed by atoms with Crippen LogP contribution in [0.4, 0.5) is 11.6 Å². The van der Waals surface area contributed by atoms with E-state index in [0.717, 1.165) is 11.6 Å². The first kappa shape index (κ1) is 13.6. The summed E-state index contributed by atoms with van der Waals surface area (Å²) >= 11 is 0. The second kappa shape index (κ2) is 5.89. The van der Waals surface area contributed by atoms with Crippen molar-refractivity contribution in [3.63, 3.8) is 0 Å². The molecule has 0 radical (unpaired) electrons. The molecule has 1 N–H and O–H groups in total. The monoisotopic (exact) mass is 259 g/mol. The van der Waals surface area contributed by atoms with E-state index >= 15 is 0 Å². The van der Waals surface area contributed by atoms with E-state index in [-0.39, 0.29) is 6.04 Å². The molecule has 0 saturated heterocycles. The van der Waals surface area contributed by atoms with Crippen molar-refractivity contribution in [2.24, 2.45) is 0 Å². The highest BCUT2D eigenvalue weighted by molar-refractivity contribution is 5.59. The molecule has 0 bridgehead atoms. The third kappa shape index (κ3) is 3.15. The lowest BCUT2D eigenvalue weighted by atomic mass is 10.1. The predicted molar refractivity (Wildman–Crippen MR) is 78.0 cm³/mol. The summed E-state index contributed by atoms with van der Waals surface area (Å²) in [7, 11) is 1.71. The maximum absolute atomic E-state index is 5.20. The average Bonchev–Trinajstić information content (AvgIpc) is 2.82. The first-order valence-electron chi connectivity index (χ1n) is 6.48. The molecule has 1 unspecified atom stereocenters. The maximum Gasteiger partial charge on any atom is 0.207 e. The molecule has 2 rings (SSSR count). The highest BCUT2D eigenvalue weighted by Crippen LogP contribution is 2.22. The molecule has 2 aromatic rings. The van der Waals surface area contributed by atoms with Crippen LogP contribution in [-0.2, 0) is 4.74 Å². The zero-order valence-electron chi connectivity index (χ0n) is 12.0. The molecule has 4 nitrogen and oxygen atoms in total. The van der Waals surface area contributed by atoms with Crippen LogP contribution in [0, 0.1) is 13.8 Å². The molecular weight excluding hydrogens is 238 g/mol. The van der Waals surface area contributed by atoms with Gasteiger partial charge in [0.1, 0.15) is 0 Å². The summed E-state index contributed by atoms with van der Waals surface area (Å²) in [5.41, 5.74) is 3.53. The Morgan fingerprint density at radius 1 is 1.37 bits per heavy atom. The SMILES string of the molecule is COCC(C)n1ccnc1Nc1cc(C)ccc1C. The topological polar surface area (TPSA) is 39.1 Å². The minimum Gasteiger partial charge on any atom is -0.383 e. The van der Waals surface area contributed by atoms with E-state index in [0.29, 0.717) is 6.61 Å². The van der Waals surface area contributed by atoms with Crippen LogP contribution < -0.4 is 5.32 Å². The smallest absolute Gasteiger partial charge is 0.207 e. The Labute approximate surface area is 114 Å². The van der Waals surface area contributed by atoms with Crippen LogP contribution in [0.2, 0.25) is 0 Å². The van der Waals surface area contributed by atoms with Crippen molar-refractivity contribution < 1.29 is 4.74 Å². The number of hydrogen-bond donors (Lipinski definition) is 1. The standard InChI is InChI=1S/C15H21N3O/c1-11-5-6-12(2)14(9-11)17-15-16-7-8-18(15)13(3)10-19-4/h5-9,13H,10H2,1-4H3,(H,16,17). The number of nitrogens with zero attached hydrogens (tertiary/aromatic N) is 2. The number of benzene rings is 1. The summed E-state index contributed by atoms with van der Waals surface area (Å²) in [5.74, 6) is 0.846. The van der Waals surface area contributed by atoms with Crippen molar-refractivity contribution >= 4 is 11.6 Å². The van der Waals surface area contributed by atoms with Crippen molar-refractivity contribution in [1.29, 1.82) is 0 Å². The zero-order chi connectivity index (χ0) is 13.8. The number of hydrogen-bond acceptors (Lipinski definition) is 3. The van der Waals surface area contributed by atoms with Crippen LogP contribution in [0.15, 0.2) is 30.6 Å². The van der Waals surface area contributed by atoms with Gasteiger partial charge in [-0.1, -0.05) is 12.1 Å². The van der Waals surface area contributed by atoms with Gasteiger partial charge in [-0.2, -0.15) is 0 Å². The van der Waals surface area contributed by atoms with E-state index in [1.165, 1.54) is 11.1 Å². The maximum atomic E-state index is 5.20. The van der Waals surface area contributed by atoms with Gasteiger partial charge in [-0.05, 0) is 38.0 Å². The van der Waals surface area contributed by atoms with E-state index < -0.39 is 0 Å². The lowest BCUT2D eigenvalue weighted by Crippen LogP contribution is -2.13. The molecule has 1 heterocycles. The van der Waals surface area contributed by atoms with Crippen molar-refractivity contribution in [2.75, 3.05) is 19.0 Å². The first-order chi connectivity index (χ1) is 9.11. The molecule has 19 heavy (non-hydrogen) atoms. The first-order valence-corrected chi connectivity index (χ1v) is 6.48. The number of imidazole rings is 1.